The monoisotopic (exact) mass is 592 g/mol. The van der Waals surface area contributed by atoms with Crippen LogP contribution in [0.2, 0.25) is 26.2 Å². The second-order valence-corrected chi connectivity index (χ2v) is 21.3. The van der Waals surface area contributed by atoms with E-state index in [1.54, 1.807) is 0 Å². The fraction of sp³-hybridized carbons (Fsp3) is 0.853. The largest absolute Gasteiger partial charge is 0.454 e. The highest BCUT2D eigenvalue weighted by atomic mass is 28.3. The van der Waals surface area contributed by atoms with E-state index in [1.165, 1.54) is 19.3 Å². The van der Waals surface area contributed by atoms with Crippen LogP contribution >= 0.6 is 0 Å². The number of allylic oxidation sites excluding steroid dienone is 2. The standard InChI is InChI=1S/C34H64O4Si2/c1-24-22-27-26(20-19-25(31(2,3)4)18-16-15-17-21-36-39(11)12)28(32(5,6)7)23-34(27,38-40(13)14)29(24)37-30(35)33(8,9)10/h19-20,25-29,39-40H,1,15-18,21-23H2,2-14H3/t25-,26+,27-,28+,29?,34-/m0/s1. The van der Waals surface area contributed by atoms with E-state index >= 15 is 0 Å². The molecule has 0 spiro atoms. The van der Waals surface area contributed by atoms with Gasteiger partial charge in [0.2, 0.25) is 0 Å². The van der Waals surface area contributed by atoms with Gasteiger partial charge in [0.1, 0.15) is 5.60 Å². The number of unbranched alkanes of at least 4 members (excludes halogenated alkanes) is 2. The van der Waals surface area contributed by atoms with E-state index < -0.39 is 29.1 Å². The third-order valence-electron chi connectivity index (χ3n) is 9.09. The van der Waals surface area contributed by atoms with Crippen molar-refractivity contribution in [3.8, 4) is 0 Å². The summed E-state index contributed by atoms with van der Waals surface area (Å²) < 4.78 is 19.2. The Labute approximate surface area is 251 Å². The number of esters is 1. The summed E-state index contributed by atoms with van der Waals surface area (Å²) in [5.41, 5.74) is 0.324. The van der Waals surface area contributed by atoms with Crippen molar-refractivity contribution in [1.29, 1.82) is 0 Å². The van der Waals surface area contributed by atoms with Gasteiger partial charge in [-0.3, -0.25) is 4.79 Å². The van der Waals surface area contributed by atoms with Crippen molar-refractivity contribution in [3.63, 3.8) is 0 Å². The maximum atomic E-state index is 13.1. The molecule has 2 aliphatic rings. The number of ether oxygens (including phenoxy) is 1. The maximum Gasteiger partial charge on any atom is 0.311 e. The van der Waals surface area contributed by atoms with Crippen molar-refractivity contribution < 1.29 is 18.4 Å². The van der Waals surface area contributed by atoms with Gasteiger partial charge in [0, 0.05) is 12.5 Å². The average molecular weight is 593 g/mol. The van der Waals surface area contributed by atoms with E-state index in [0.29, 0.717) is 17.8 Å². The van der Waals surface area contributed by atoms with Crippen LogP contribution in [0.5, 0.6) is 0 Å². The predicted octanol–water partition coefficient (Wildman–Crippen LogP) is 8.72. The van der Waals surface area contributed by atoms with E-state index in [1.807, 2.05) is 20.8 Å². The fourth-order valence-electron chi connectivity index (χ4n) is 6.88. The first kappa shape index (κ1) is 35.5. The predicted molar refractivity (Wildman–Crippen MR) is 176 cm³/mol. The van der Waals surface area contributed by atoms with Crippen LogP contribution in [0, 0.1) is 39.9 Å². The van der Waals surface area contributed by atoms with Gasteiger partial charge < -0.3 is 13.6 Å². The van der Waals surface area contributed by atoms with Crippen molar-refractivity contribution >= 4 is 24.0 Å². The lowest BCUT2D eigenvalue weighted by atomic mass is 9.71. The summed E-state index contributed by atoms with van der Waals surface area (Å²) in [5, 5.41) is 0. The van der Waals surface area contributed by atoms with Crippen LogP contribution in [0.15, 0.2) is 24.3 Å². The van der Waals surface area contributed by atoms with Gasteiger partial charge in [0.15, 0.2) is 24.2 Å². The summed E-state index contributed by atoms with van der Waals surface area (Å²) >= 11 is 0. The molecule has 0 radical (unpaired) electrons. The number of carbonyl (C=O) groups is 1. The van der Waals surface area contributed by atoms with E-state index in [2.05, 4.69) is 86.5 Å². The Bertz CT molecular complexity index is 874. The van der Waals surface area contributed by atoms with Crippen molar-refractivity contribution in [3.05, 3.63) is 24.3 Å². The van der Waals surface area contributed by atoms with Crippen LogP contribution in [0.3, 0.4) is 0 Å². The SMILES string of the molecule is C=C1C[C@H]2[C@@H](C=C[C@H](CCCCCO[SiH](C)C)C(C)(C)C)[C@H](C(C)(C)C)C[C@@]2(O[SiH](C)C)C1OC(=O)C(C)(C)C. The number of hydrogen-bond acceptors (Lipinski definition) is 4. The number of carbonyl (C=O) groups excluding carboxylic acids is 1. The Morgan fingerprint density at radius 1 is 1.00 bits per heavy atom. The Kier molecular flexibility index (Phi) is 12.2. The second kappa shape index (κ2) is 13.7. The highest BCUT2D eigenvalue weighted by molar-refractivity contribution is 6.48. The molecule has 4 nitrogen and oxygen atoms in total. The number of fused-ring (bicyclic) bond motifs is 1. The van der Waals surface area contributed by atoms with E-state index in [4.69, 9.17) is 13.6 Å². The normalized spacial score (nSPS) is 28.6. The minimum Gasteiger partial charge on any atom is -0.454 e. The molecule has 0 aliphatic heterocycles. The van der Waals surface area contributed by atoms with Gasteiger partial charge >= 0.3 is 5.97 Å². The Morgan fingerprint density at radius 2 is 1.62 bits per heavy atom. The average Bonchev–Trinajstić information content (AvgIpc) is 3.20. The molecule has 2 saturated carbocycles. The highest BCUT2D eigenvalue weighted by Gasteiger charge is 2.65. The highest BCUT2D eigenvalue weighted by Crippen LogP contribution is 2.62. The molecule has 6 atom stereocenters. The lowest BCUT2D eigenvalue weighted by Crippen LogP contribution is -2.49. The maximum absolute atomic E-state index is 13.1. The van der Waals surface area contributed by atoms with Crippen LogP contribution in [-0.2, 0) is 18.4 Å². The van der Waals surface area contributed by atoms with Crippen molar-refractivity contribution in [2.75, 3.05) is 6.61 Å². The summed E-state index contributed by atoms with van der Waals surface area (Å²) in [4.78, 5) is 13.1. The molecule has 232 valence electrons. The first-order valence-corrected chi connectivity index (χ1v) is 21.6. The van der Waals surface area contributed by atoms with E-state index in [9.17, 15) is 4.79 Å². The van der Waals surface area contributed by atoms with Gasteiger partial charge in [0.05, 0.1) is 5.41 Å². The molecule has 0 heterocycles. The summed E-state index contributed by atoms with van der Waals surface area (Å²) in [6.07, 6.45) is 11.4. The van der Waals surface area contributed by atoms with Gasteiger partial charge in [-0.1, -0.05) is 73.1 Å². The molecule has 0 bridgehead atoms. The van der Waals surface area contributed by atoms with E-state index in [-0.39, 0.29) is 28.8 Å². The Hall–Kier alpha value is -0.696. The number of rotatable bonds is 12. The van der Waals surface area contributed by atoms with Gasteiger partial charge in [-0.15, -0.1) is 0 Å². The zero-order chi connectivity index (χ0) is 30.7. The van der Waals surface area contributed by atoms with Crippen LogP contribution in [0.1, 0.15) is 101 Å². The van der Waals surface area contributed by atoms with Crippen LogP contribution in [-0.4, -0.2) is 42.4 Å². The smallest absolute Gasteiger partial charge is 0.311 e. The molecule has 0 aromatic heterocycles. The molecule has 0 N–H and O–H groups in total. The molecule has 0 saturated heterocycles. The molecule has 2 aliphatic carbocycles. The topological polar surface area (TPSA) is 44.8 Å². The zero-order valence-corrected chi connectivity index (χ0v) is 30.8. The third kappa shape index (κ3) is 9.15. The molecule has 2 fully saturated rings. The van der Waals surface area contributed by atoms with Gasteiger partial charge in [-0.25, -0.2) is 0 Å². The summed E-state index contributed by atoms with van der Waals surface area (Å²) in [7, 11) is -2.35. The molecule has 0 amide bonds. The molecular formula is C34H64O4Si2. The van der Waals surface area contributed by atoms with Crippen LogP contribution in [0.4, 0.5) is 0 Å². The van der Waals surface area contributed by atoms with Gasteiger partial charge in [0.25, 0.3) is 0 Å². The minimum atomic E-state index is -1.43. The molecule has 2 rings (SSSR count). The van der Waals surface area contributed by atoms with Crippen molar-refractivity contribution in [1.82, 2.24) is 0 Å². The van der Waals surface area contributed by atoms with Crippen LogP contribution < -0.4 is 0 Å². The molecule has 40 heavy (non-hydrogen) atoms. The Balaban J connectivity index is 2.37. The van der Waals surface area contributed by atoms with Crippen molar-refractivity contribution in [2.24, 2.45) is 39.9 Å². The minimum absolute atomic E-state index is 0.116. The Morgan fingerprint density at radius 3 is 2.12 bits per heavy atom. The summed E-state index contributed by atoms with van der Waals surface area (Å²) in [5.74, 6) is 1.46. The third-order valence-corrected chi connectivity index (χ3v) is 10.9. The quantitative estimate of drug-likeness (QED) is 0.0984. The first-order chi connectivity index (χ1) is 18.2. The number of hydrogen-bond donors (Lipinski definition) is 0. The molecule has 0 aromatic rings. The molecular weight excluding hydrogens is 529 g/mol. The molecule has 0 aromatic carbocycles. The molecule has 1 unspecified atom stereocenters. The van der Waals surface area contributed by atoms with Crippen molar-refractivity contribution in [2.45, 2.75) is 139 Å². The summed E-state index contributed by atoms with van der Waals surface area (Å²) in [6, 6.07) is 0. The second-order valence-electron chi connectivity index (χ2n) is 16.5. The van der Waals surface area contributed by atoms with Gasteiger partial charge in [-0.05, 0) is 107 Å². The molecule has 6 heteroatoms. The fourth-order valence-corrected chi connectivity index (χ4v) is 8.79. The van der Waals surface area contributed by atoms with Crippen LogP contribution in [0.25, 0.3) is 0 Å². The first-order valence-electron chi connectivity index (χ1n) is 16.1. The summed E-state index contributed by atoms with van der Waals surface area (Å²) in [6.45, 7) is 34.4. The lowest BCUT2D eigenvalue weighted by molar-refractivity contribution is -0.167. The van der Waals surface area contributed by atoms with E-state index in [0.717, 1.165) is 31.4 Å². The van der Waals surface area contributed by atoms with Gasteiger partial charge in [-0.2, -0.15) is 0 Å². The lowest BCUT2D eigenvalue weighted by Gasteiger charge is -2.39. The zero-order valence-electron chi connectivity index (χ0n) is 28.5.